The summed E-state index contributed by atoms with van der Waals surface area (Å²) in [5.41, 5.74) is 1.78. The van der Waals surface area contributed by atoms with Gasteiger partial charge in [-0.05, 0) is 41.8 Å². The van der Waals surface area contributed by atoms with Crippen LogP contribution < -0.4 is 10.0 Å². The van der Waals surface area contributed by atoms with Gasteiger partial charge in [0.05, 0.1) is 4.90 Å². The maximum absolute atomic E-state index is 12.8. The quantitative estimate of drug-likeness (QED) is 0.576. The minimum absolute atomic E-state index is 0.0517. The van der Waals surface area contributed by atoms with Gasteiger partial charge in [0.1, 0.15) is 6.04 Å². The molecule has 3 aromatic carbocycles. The van der Waals surface area contributed by atoms with Crippen LogP contribution in [0.5, 0.6) is 0 Å². The summed E-state index contributed by atoms with van der Waals surface area (Å²) in [7, 11) is -3.89. The second-order valence-electron chi connectivity index (χ2n) is 6.52. The third-order valence-corrected chi connectivity index (χ3v) is 6.07. The summed E-state index contributed by atoms with van der Waals surface area (Å²) in [5.74, 6) is -0.393. The fourth-order valence-corrected chi connectivity index (χ4v) is 4.14. The molecule has 7 heteroatoms. The van der Waals surface area contributed by atoms with Gasteiger partial charge in [0, 0.05) is 11.6 Å². The normalized spacial score (nSPS) is 12.3. The third-order valence-electron chi connectivity index (χ3n) is 4.33. The number of halogens is 1. The highest BCUT2D eigenvalue weighted by atomic mass is 35.5. The first-order chi connectivity index (χ1) is 13.9. The van der Waals surface area contributed by atoms with E-state index < -0.39 is 22.0 Å². The molecular weight excluding hydrogens is 408 g/mol. The summed E-state index contributed by atoms with van der Waals surface area (Å²) >= 11 is 5.85. The molecule has 5 nitrogen and oxygen atoms in total. The summed E-state index contributed by atoms with van der Waals surface area (Å²) in [5, 5.41) is 3.25. The van der Waals surface area contributed by atoms with Gasteiger partial charge >= 0.3 is 0 Å². The number of amides is 1. The Morgan fingerprint density at radius 1 is 0.828 bits per heavy atom. The molecule has 1 amide bonds. The Balaban J connectivity index is 1.78. The summed E-state index contributed by atoms with van der Waals surface area (Å²) in [4.78, 5) is 12.9. The fraction of sp³-hybridized carbons (Fsp3) is 0.136. The monoisotopic (exact) mass is 428 g/mol. The van der Waals surface area contributed by atoms with E-state index in [2.05, 4.69) is 10.0 Å². The predicted octanol–water partition coefficient (Wildman–Crippen LogP) is 3.55. The van der Waals surface area contributed by atoms with E-state index >= 15 is 0 Å². The number of carbonyl (C=O) groups excluding carboxylic acids is 1. The average Bonchev–Trinajstić information content (AvgIpc) is 2.73. The molecule has 150 valence electrons. The first-order valence-electron chi connectivity index (χ1n) is 9.07. The van der Waals surface area contributed by atoms with E-state index in [-0.39, 0.29) is 11.3 Å². The van der Waals surface area contributed by atoms with E-state index in [1.165, 1.54) is 24.3 Å². The Labute approximate surface area is 175 Å². The number of hydrogen-bond acceptors (Lipinski definition) is 3. The van der Waals surface area contributed by atoms with Crippen molar-refractivity contribution in [3.8, 4) is 0 Å². The molecule has 0 saturated carbocycles. The van der Waals surface area contributed by atoms with Crippen LogP contribution in [0.25, 0.3) is 0 Å². The molecule has 0 fully saturated rings. The van der Waals surface area contributed by atoms with Gasteiger partial charge < -0.3 is 5.32 Å². The maximum atomic E-state index is 12.8. The Bertz CT molecular complexity index is 1040. The molecule has 0 saturated heterocycles. The van der Waals surface area contributed by atoms with E-state index in [1.807, 2.05) is 60.7 Å². The van der Waals surface area contributed by atoms with Gasteiger partial charge in [0.25, 0.3) is 0 Å². The number of carbonyl (C=O) groups is 1. The lowest BCUT2D eigenvalue weighted by atomic mass is 10.1. The molecule has 0 heterocycles. The van der Waals surface area contributed by atoms with Crippen LogP contribution in [-0.4, -0.2) is 20.4 Å². The second-order valence-corrected chi connectivity index (χ2v) is 8.67. The zero-order valence-corrected chi connectivity index (χ0v) is 17.2. The highest BCUT2D eigenvalue weighted by molar-refractivity contribution is 7.89. The van der Waals surface area contributed by atoms with E-state index in [0.29, 0.717) is 11.6 Å². The Hall–Kier alpha value is -2.67. The molecule has 1 unspecified atom stereocenters. The van der Waals surface area contributed by atoms with Crippen molar-refractivity contribution >= 4 is 27.5 Å². The van der Waals surface area contributed by atoms with Crippen molar-refractivity contribution in [3.05, 3.63) is 101 Å². The van der Waals surface area contributed by atoms with Crippen molar-refractivity contribution in [3.63, 3.8) is 0 Å². The van der Waals surface area contributed by atoms with Crippen molar-refractivity contribution in [2.24, 2.45) is 0 Å². The molecule has 29 heavy (non-hydrogen) atoms. The average molecular weight is 429 g/mol. The lowest BCUT2D eigenvalue weighted by Gasteiger charge is -2.19. The van der Waals surface area contributed by atoms with Crippen molar-refractivity contribution in [2.75, 3.05) is 0 Å². The molecule has 0 spiro atoms. The topological polar surface area (TPSA) is 75.3 Å². The van der Waals surface area contributed by atoms with Crippen LogP contribution in [0.15, 0.2) is 89.8 Å². The van der Waals surface area contributed by atoms with Crippen molar-refractivity contribution in [1.82, 2.24) is 10.0 Å². The van der Waals surface area contributed by atoms with Crippen LogP contribution in [0, 0.1) is 0 Å². The standard InChI is InChI=1S/C22H21ClN2O3S/c23-19-11-13-20(14-12-19)29(27,28)25-21(15-17-7-3-1-4-8-17)22(26)24-16-18-9-5-2-6-10-18/h1-14,21,25H,15-16H2,(H,24,26). The summed E-state index contributed by atoms with van der Waals surface area (Å²) in [6.07, 6.45) is 0.230. The number of hydrogen-bond donors (Lipinski definition) is 2. The lowest BCUT2D eigenvalue weighted by molar-refractivity contribution is -0.122. The zero-order chi connectivity index (χ0) is 20.7. The third kappa shape index (κ3) is 6.15. The van der Waals surface area contributed by atoms with Gasteiger partial charge in [-0.15, -0.1) is 0 Å². The molecule has 0 aliphatic carbocycles. The fourth-order valence-electron chi connectivity index (χ4n) is 2.81. The molecule has 1 atom stereocenters. The van der Waals surface area contributed by atoms with Gasteiger partial charge in [-0.2, -0.15) is 4.72 Å². The molecule has 0 bridgehead atoms. The van der Waals surface area contributed by atoms with E-state index in [4.69, 9.17) is 11.6 Å². The van der Waals surface area contributed by atoms with Crippen LogP contribution in [0.2, 0.25) is 5.02 Å². The Kier molecular flexibility index (Phi) is 7.04. The van der Waals surface area contributed by atoms with Gasteiger partial charge in [-0.1, -0.05) is 72.3 Å². The molecule has 0 radical (unpaired) electrons. The van der Waals surface area contributed by atoms with Gasteiger partial charge in [0.2, 0.25) is 15.9 Å². The van der Waals surface area contributed by atoms with E-state index in [1.54, 1.807) is 0 Å². The first kappa shape index (κ1) is 21.0. The number of nitrogens with one attached hydrogen (secondary N) is 2. The van der Waals surface area contributed by atoms with E-state index in [0.717, 1.165) is 11.1 Å². The molecule has 3 aromatic rings. The highest BCUT2D eigenvalue weighted by Gasteiger charge is 2.26. The summed E-state index contributed by atoms with van der Waals surface area (Å²) < 4.78 is 28.1. The zero-order valence-electron chi connectivity index (χ0n) is 15.6. The van der Waals surface area contributed by atoms with Crippen LogP contribution in [0.4, 0.5) is 0 Å². The molecule has 0 aromatic heterocycles. The Morgan fingerprint density at radius 2 is 1.38 bits per heavy atom. The van der Waals surface area contributed by atoms with E-state index in [9.17, 15) is 13.2 Å². The van der Waals surface area contributed by atoms with Crippen LogP contribution >= 0.6 is 11.6 Å². The minimum atomic E-state index is -3.89. The van der Waals surface area contributed by atoms with Gasteiger partial charge in [-0.3, -0.25) is 4.79 Å². The maximum Gasteiger partial charge on any atom is 0.241 e. The van der Waals surface area contributed by atoms with Gasteiger partial charge in [-0.25, -0.2) is 8.42 Å². The van der Waals surface area contributed by atoms with Gasteiger partial charge in [0.15, 0.2) is 0 Å². The largest absolute Gasteiger partial charge is 0.351 e. The molecule has 3 rings (SSSR count). The summed E-state index contributed by atoms with van der Waals surface area (Å²) in [6.45, 7) is 0.313. The van der Waals surface area contributed by atoms with Crippen LogP contribution in [0.3, 0.4) is 0 Å². The van der Waals surface area contributed by atoms with Crippen molar-refractivity contribution < 1.29 is 13.2 Å². The van der Waals surface area contributed by atoms with Crippen molar-refractivity contribution in [1.29, 1.82) is 0 Å². The number of benzene rings is 3. The Morgan fingerprint density at radius 3 is 1.97 bits per heavy atom. The lowest BCUT2D eigenvalue weighted by Crippen LogP contribution is -2.47. The highest BCUT2D eigenvalue weighted by Crippen LogP contribution is 2.15. The molecule has 0 aliphatic heterocycles. The minimum Gasteiger partial charge on any atom is -0.351 e. The number of sulfonamides is 1. The second kappa shape index (κ2) is 9.69. The smallest absolute Gasteiger partial charge is 0.241 e. The van der Waals surface area contributed by atoms with Crippen LogP contribution in [0.1, 0.15) is 11.1 Å². The number of rotatable bonds is 8. The molecular formula is C22H21ClN2O3S. The summed E-state index contributed by atoms with van der Waals surface area (Å²) in [6, 6.07) is 23.6. The predicted molar refractivity (Wildman–Crippen MR) is 114 cm³/mol. The SMILES string of the molecule is O=C(NCc1ccccc1)C(Cc1ccccc1)NS(=O)(=O)c1ccc(Cl)cc1. The molecule has 0 aliphatic rings. The van der Waals surface area contributed by atoms with Crippen LogP contribution in [-0.2, 0) is 27.8 Å². The first-order valence-corrected chi connectivity index (χ1v) is 10.9. The van der Waals surface area contributed by atoms with Crippen molar-refractivity contribution in [2.45, 2.75) is 23.9 Å². The molecule has 2 N–H and O–H groups in total.